The number of carbonyl (C=O) groups excluding carboxylic acids is 1. The summed E-state index contributed by atoms with van der Waals surface area (Å²) in [5, 5.41) is 2.87. The molecule has 4 nitrogen and oxygen atoms in total. The topological polar surface area (TPSA) is 47.6 Å². The quantitative estimate of drug-likeness (QED) is 0.796. The van der Waals surface area contributed by atoms with Gasteiger partial charge in [-0.1, -0.05) is 36.4 Å². The molecule has 2 rings (SSSR count). The first kappa shape index (κ1) is 15.1. The first-order valence-corrected chi connectivity index (χ1v) is 6.83. The first-order chi connectivity index (χ1) is 10.3. The van der Waals surface area contributed by atoms with Gasteiger partial charge in [0.05, 0.1) is 13.0 Å². The molecule has 0 saturated carbocycles. The van der Waals surface area contributed by atoms with E-state index >= 15 is 0 Å². The average molecular weight is 285 g/mol. The second-order valence-corrected chi connectivity index (χ2v) is 4.58. The number of rotatable bonds is 7. The van der Waals surface area contributed by atoms with Crippen LogP contribution in [0.4, 0.5) is 5.69 Å². The average Bonchev–Trinajstić information content (AvgIpc) is 2.49. The monoisotopic (exact) mass is 285 g/mol. The molecule has 4 heteroatoms. The predicted molar refractivity (Wildman–Crippen MR) is 82.6 cm³/mol. The summed E-state index contributed by atoms with van der Waals surface area (Å²) in [6, 6.07) is 17.0. The number of amides is 1. The molecule has 110 valence electrons. The zero-order chi connectivity index (χ0) is 14.9. The molecule has 0 bridgehead atoms. The molecule has 0 aromatic heterocycles. The second-order valence-electron chi connectivity index (χ2n) is 4.58. The van der Waals surface area contributed by atoms with Gasteiger partial charge in [-0.25, -0.2) is 0 Å². The van der Waals surface area contributed by atoms with Crippen molar-refractivity contribution in [3.63, 3.8) is 0 Å². The molecule has 1 N–H and O–H groups in total. The van der Waals surface area contributed by atoms with Gasteiger partial charge in [-0.15, -0.1) is 0 Å². The van der Waals surface area contributed by atoms with Crippen LogP contribution in [-0.2, 0) is 16.0 Å². The van der Waals surface area contributed by atoms with Crippen LogP contribution in [0.3, 0.4) is 0 Å². The van der Waals surface area contributed by atoms with Crippen LogP contribution in [0.2, 0.25) is 0 Å². The summed E-state index contributed by atoms with van der Waals surface area (Å²) >= 11 is 0. The molecule has 0 aliphatic heterocycles. The maximum atomic E-state index is 12.0. The Bertz CT molecular complexity index is 569. The first-order valence-electron chi connectivity index (χ1n) is 6.83. The number of carbonyl (C=O) groups is 1. The van der Waals surface area contributed by atoms with Crippen LogP contribution in [0.15, 0.2) is 54.6 Å². The lowest BCUT2D eigenvalue weighted by atomic mass is 10.1. The van der Waals surface area contributed by atoms with E-state index < -0.39 is 0 Å². The Morgan fingerprint density at radius 2 is 1.86 bits per heavy atom. The van der Waals surface area contributed by atoms with Gasteiger partial charge in [0.25, 0.3) is 0 Å². The molecular formula is C17H19NO3. The van der Waals surface area contributed by atoms with Crippen molar-refractivity contribution in [3.05, 3.63) is 60.2 Å². The molecule has 0 saturated heterocycles. The number of anilines is 1. The Kier molecular flexibility index (Phi) is 5.79. The minimum absolute atomic E-state index is 0.0461. The highest BCUT2D eigenvalue weighted by Gasteiger charge is 2.04. The number of methoxy groups -OCH3 is 1. The van der Waals surface area contributed by atoms with Crippen LogP contribution in [0.25, 0.3) is 0 Å². The third-order valence-corrected chi connectivity index (χ3v) is 2.88. The Morgan fingerprint density at radius 3 is 2.62 bits per heavy atom. The normalized spacial score (nSPS) is 10.1. The molecule has 0 aliphatic carbocycles. The van der Waals surface area contributed by atoms with Crippen LogP contribution >= 0.6 is 0 Å². The van der Waals surface area contributed by atoms with E-state index in [4.69, 9.17) is 9.47 Å². The van der Waals surface area contributed by atoms with Gasteiger partial charge in [0.1, 0.15) is 12.4 Å². The van der Waals surface area contributed by atoms with E-state index in [-0.39, 0.29) is 5.91 Å². The molecule has 1 amide bonds. The highest BCUT2D eigenvalue weighted by Crippen LogP contribution is 2.17. The highest BCUT2D eigenvalue weighted by molar-refractivity contribution is 5.92. The van der Waals surface area contributed by atoms with E-state index in [2.05, 4.69) is 5.32 Å². The minimum Gasteiger partial charge on any atom is -0.491 e. The molecule has 0 unspecified atom stereocenters. The van der Waals surface area contributed by atoms with E-state index in [1.54, 1.807) is 13.2 Å². The van der Waals surface area contributed by atoms with Gasteiger partial charge in [-0.2, -0.15) is 0 Å². The zero-order valence-corrected chi connectivity index (χ0v) is 12.0. The van der Waals surface area contributed by atoms with Crippen molar-refractivity contribution < 1.29 is 14.3 Å². The van der Waals surface area contributed by atoms with E-state index in [9.17, 15) is 4.79 Å². The van der Waals surface area contributed by atoms with Crippen molar-refractivity contribution in [2.75, 3.05) is 25.6 Å². The number of hydrogen-bond acceptors (Lipinski definition) is 3. The predicted octanol–water partition coefficient (Wildman–Crippen LogP) is 2.89. The number of ether oxygens (including phenoxy) is 2. The maximum Gasteiger partial charge on any atom is 0.228 e. The summed E-state index contributed by atoms with van der Waals surface area (Å²) in [7, 11) is 1.63. The van der Waals surface area contributed by atoms with E-state index in [1.165, 1.54) is 0 Å². The van der Waals surface area contributed by atoms with E-state index in [0.29, 0.717) is 25.4 Å². The Hall–Kier alpha value is -2.33. The summed E-state index contributed by atoms with van der Waals surface area (Å²) in [4.78, 5) is 12.0. The molecular weight excluding hydrogens is 266 g/mol. The molecule has 21 heavy (non-hydrogen) atoms. The molecule has 0 fully saturated rings. The van der Waals surface area contributed by atoms with E-state index in [0.717, 1.165) is 11.3 Å². The summed E-state index contributed by atoms with van der Waals surface area (Å²) in [6.45, 7) is 1.02. The fourth-order valence-corrected chi connectivity index (χ4v) is 1.89. The van der Waals surface area contributed by atoms with Crippen LogP contribution in [0.1, 0.15) is 5.56 Å². The Morgan fingerprint density at radius 1 is 1.05 bits per heavy atom. The van der Waals surface area contributed by atoms with Gasteiger partial charge in [0.2, 0.25) is 5.91 Å². The minimum atomic E-state index is -0.0461. The molecule has 0 heterocycles. The fraction of sp³-hybridized carbons (Fsp3) is 0.235. The van der Waals surface area contributed by atoms with Crippen LogP contribution in [0.5, 0.6) is 5.75 Å². The lowest BCUT2D eigenvalue weighted by Gasteiger charge is -2.09. The van der Waals surface area contributed by atoms with Crippen molar-refractivity contribution in [1.82, 2.24) is 0 Å². The lowest BCUT2D eigenvalue weighted by molar-refractivity contribution is -0.115. The maximum absolute atomic E-state index is 12.0. The number of benzene rings is 2. The third-order valence-electron chi connectivity index (χ3n) is 2.88. The number of nitrogens with one attached hydrogen (secondary N) is 1. The SMILES string of the molecule is COCCOc1cccc(NC(=O)Cc2ccccc2)c1. The lowest BCUT2D eigenvalue weighted by Crippen LogP contribution is -2.14. The Balaban J connectivity index is 1.90. The summed E-state index contributed by atoms with van der Waals surface area (Å²) in [5.74, 6) is 0.666. The van der Waals surface area contributed by atoms with Gasteiger partial charge in [0, 0.05) is 18.9 Å². The van der Waals surface area contributed by atoms with Crippen LogP contribution in [-0.4, -0.2) is 26.2 Å². The standard InChI is InChI=1S/C17H19NO3/c1-20-10-11-21-16-9-5-8-15(13-16)18-17(19)12-14-6-3-2-4-7-14/h2-9,13H,10-12H2,1H3,(H,18,19). The third kappa shape index (κ3) is 5.28. The summed E-state index contributed by atoms with van der Waals surface area (Å²) < 4.78 is 10.4. The molecule has 2 aromatic carbocycles. The van der Waals surface area contributed by atoms with Crippen molar-refractivity contribution >= 4 is 11.6 Å². The number of hydrogen-bond donors (Lipinski definition) is 1. The summed E-state index contributed by atoms with van der Waals surface area (Å²) in [6.07, 6.45) is 0.357. The van der Waals surface area contributed by atoms with Crippen molar-refractivity contribution in [1.29, 1.82) is 0 Å². The highest BCUT2D eigenvalue weighted by atomic mass is 16.5. The molecule has 0 spiro atoms. The molecule has 2 aromatic rings. The largest absolute Gasteiger partial charge is 0.491 e. The van der Waals surface area contributed by atoms with E-state index in [1.807, 2.05) is 48.5 Å². The van der Waals surface area contributed by atoms with Gasteiger partial charge >= 0.3 is 0 Å². The molecule has 0 radical (unpaired) electrons. The summed E-state index contributed by atoms with van der Waals surface area (Å²) in [5.41, 5.74) is 1.72. The molecule has 0 atom stereocenters. The fourth-order valence-electron chi connectivity index (χ4n) is 1.89. The van der Waals surface area contributed by atoms with Crippen molar-refractivity contribution in [3.8, 4) is 5.75 Å². The van der Waals surface area contributed by atoms with Crippen molar-refractivity contribution in [2.24, 2.45) is 0 Å². The zero-order valence-electron chi connectivity index (χ0n) is 12.0. The van der Waals surface area contributed by atoms with Crippen LogP contribution < -0.4 is 10.1 Å². The smallest absolute Gasteiger partial charge is 0.228 e. The molecule has 0 aliphatic rings. The van der Waals surface area contributed by atoms with Crippen LogP contribution in [0, 0.1) is 0 Å². The van der Waals surface area contributed by atoms with Gasteiger partial charge in [-0.3, -0.25) is 4.79 Å². The van der Waals surface area contributed by atoms with Crippen molar-refractivity contribution in [2.45, 2.75) is 6.42 Å². The second kappa shape index (κ2) is 8.07. The Labute approximate surface area is 124 Å². The van der Waals surface area contributed by atoms with Gasteiger partial charge < -0.3 is 14.8 Å². The van der Waals surface area contributed by atoms with Gasteiger partial charge in [0.15, 0.2) is 0 Å². The van der Waals surface area contributed by atoms with Gasteiger partial charge in [-0.05, 0) is 17.7 Å².